The largest absolute Gasteiger partial charge is 0.379 e. The highest BCUT2D eigenvalue weighted by molar-refractivity contribution is 5.76. The number of benzene rings is 1. The van der Waals surface area contributed by atoms with Crippen LogP contribution in [-0.4, -0.2) is 32.6 Å². The summed E-state index contributed by atoms with van der Waals surface area (Å²) in [4.78, 5) is 12.0. The fourth-order valence-corrected chi connectivity index (χ4v) is 2.00. The van der Waals surface area contributed by atoms with Crippen molar-refractivity contribution >= 4 is 12.0 Å². The molecule has 0 radical (unpaired) electrons. The Labute approximate surface area is 98.0 Å². The van der Waals surface area contributed by atoms with E-state index in [4.69, 9.17) is 4.74 Å². The van der Waals surface area contributed by atoms with E-state index in [1.165, 1.54) is 4.90 Å². The Morgan fingerprint density at radius 1 is 1.41 bits per heavy atom. The molecule has 0 aromatic heterocycles. The van der Waals surface area contributed by atoms with Crippen molar-refractivity contribution in [1.82, 2.24) is 0 Å². The molecule has 17 heavy (non-hydrogen) atoms. The summed E-state index contributed by atoms with van der Waals surface area (Å²) in [5, 5.41) is 0. The van der Waals surface area contributed by atoms with Crippen molar-refractivity contribution in [3.05, 3.63) is 29.3 Å². The van der Waals surface area contributed by atoms with Crippen LogP contribution in [0.5, 0.6) is 0 Å². The van der Waals surface area contributed by atoms with Gasteiger partial charge in [-0.2, -0.15) is 0 Å². The molecule has 0 amide bonds. The molecule has 3 nitrogen and oxygen atoms in total. The van der Waals surface area contributed by atoms with Crippen LogP contribution in [0.15, 0.2) is 12.1 Å². The lowest BCUT2D eigenvalue weighted by molar-refractivity contribution is 0.112. The van der Waals surface area contributed by atoms with Gasteiger partial charge in [-0.25, -0.2) is 8.78 Å². The van der Waals surface area contributed by atoms with E-state index in [9.17, 15) is 13.6 Å². The van der Waals surface area contributed by atoms with Crippen molar-refractivity contribution in [2.75, 3.05) is 25.2 Å². The van der Waals surface area contributed by atoms with E-state index in [1.54, 1.807) is 7.05 Å². The highest BCUT2D eigenvalue weighted by Gasteiger charge is 2.25. The van der Waals surface area contributed by atoms with Gasteiger partial charge in [0.2, 0.25) is 0 Å². The third-order valence-electron chi connectivity index (χ3n) is 2.98. The Kier molecular flexibility index (Phi) is 3.38. The molecule has 0 saturated carbocycles. The fourth-order valence-electron chi connectivity index (χ4n) is 2.00. The third kappa shape index (κ3) is 2.29. The first-order valence-electron chi connectivity index (χ1n) is 5.38. The topological polar surface area (TPSA) is 29.5 Å². The molecule has 0 aliphatic carbocycles. The summed E-state index contributed by atoms with van der Waals surface area (Å²) in [7, 11) is 1.63. The van der Waals surface area contributed by atoms with E-state index in [0.29, 0.717) is 19.5 Å². The van der Waals surface area contributed by atoms with Gasteiger partial charge in [0.15, 0.2) is 0 Å². The van der Waals surface area contributed by atoms with Crippen molar-refractivity contribution in [3.8, 4) is 0 Å². The zero-order valence-electron chi connectivity index (χ0n) is 9.45. The van der Waals surface area contributed by atoms with Crippen LogP contribution in [0.2, 0.25) is 0 Å². The zero-order chi connectivity index (χ0) is 12.4. The van der Waals surface area contributed by atoms with Crippen LogP contribution in [0.25, 0.3) is 0 Å². The normalized spacial score (nSPS) is 19.4. The molecule has 5 heteroatoms. The Morgan fingerprint density at radius 3 is 2.53 bits per heavy atom. The number of rotatable bonds is 3. The number of halogens is 2. The van der Waals surface area contributed by atoms with E-state index < -0.39 is 11.6 Å². The number of aldehydes is 1. The second kappa shape index (κ2) is 4.79. The molecule has 1 heterocycles. The minimum atomic E-state index is -0.721. The number of carbonyl (C=O) groups excluding carboxylic acids is 1. The summed E-state index contributed by atoms with van der Waals surface area (Å²) in [6.07, 6.45) is 1.17. The molecular formula is C12H13F2NO2. The van der Waals surface area contributed by atoms with Gasteiger partial charge in [0.05, 0.1) is 12.6 Å². The Balaban J connectivity index is 2.33. The molecule has 1 unspecified atom stereocenters. The molecule has 0 N–H and O–H groups in total. The van der Waals surface area contributed by atoms with Crippen LogP contribution >= 0.6 is 0 Å². The average Bonchev–Trinajstić information content (AvgIpc) is 2.81. The molecule has 1 aromatic carbocycles. The number of carbonyl (C=O) groups is 1. The molecule has 2 rings (SSSR count). The van der Waals surface area contributed by atoms with Crippen LogP contribution < -0.4 is 4.90 Å². The van der Waals surface area contributed by atoms with Crippen LogP contribution in [-0.2, 0) is 4.74 Å². The summed E-state index contributed by atoms with van der Waals surface area (Å²) in [6, 6.07) is 2.05. The van der Waals surface area contributed by atoms with Crippen LogP contribution in [0.3, 0.4) is 0 Å². The van der Waals surface area contributed by atoms with Gasteiger partial charge in [0, 0.05) is 19.2 Å². The maximum absolute atomic E-state index is 13.7. The van der Waals surface area contributed by atoms with Gasteiger partial charge in [-0.3, -0.25) is 4.79 Å². The summed E-state index contributed by atoms with van der Waals surface area (Å²) >= 11 is 0. The van der Waals surface area contributed by atoms with Crippen molar-refractivity contribution in [1.29, 1.82) is 0 Å². The molecule has 1 fully saturated rings. The van der Waals surface area contributed by atoms with Gasteiger partial charge < -0.3 is 9.64 Å². The molecule has 1 aliphatic heterocycles. The average molecular weight is 241 g/mol. The van der Waals surface area contributed by atoms with Crippen LogP contribution in [0, 0.1) is 11.6 Å². The lowest BCUT2D eigenvalue weighted by Gasteiger charge is -2.26. The summed E-state index contributed by atoms with van der Waals surface area (Å²) in [5.41, 5.74) is -0.106. The van der Waals surface area contributed by atoms with Crippen LogP contribution in [0.4, 0.5) is 14.5 Å². The van der Waals surface area contributed by atoms with E-state index in [-0.39, 0.29) is 17.3 Å². The molecular weight excluding hydrogens is 228 g/mol. The summed E-state index contributed by atoms with van der Waals surface area (Å²) in [6.45, 7) is 1.06. The summed E-state index contributed by atoms with van der Waals surface area (Å²) < 4.78 is 32.6. The Bertz CT molecular complexity index is 408. The Hall–Kier alpha value is -1.49. The number of hydrogen-bond donors (Lipinski definition) is 0. The lowest BCUT2D eigenvalue weighted by atomic mass is 10.1. The molecule has 1 saturated heterocycles. The quantitative estimate of drug-likeness (QED) is 0.758. The predicted molar refractivity (Wildman–Crippen MR) is 59.4 cm³/mol. The van der Waals surface area contributed by atoms with Gasteiger partial charge in [0.25, 0.3) is 0 Å². The van der Waals surface area contributed by atoms with Crippen molar-refractivity contribution in [3.63, 3.8) is 0 Å². The van der Waals surface area contributed by atoms with Crippen molar-refractivity contribution in [2.45, 2.75) is 12.5 Å². The van der Waals surface area contributed by atoms with Gasteiger partial charge in [-0.15, -0.1) is 0 Å². The monoisotopic (exact) mass is 241 g/mol. The first-order chi connectivity index (χ1) is 8.13. The highest BCUT2D eigenvalue weighted by atomic mass is 19.1. The minimum absolute atomic E-state index is 0.000165. The zero-order valence-corrected chi connectivity index (χ0v) is 9.45. The van der Waals surface area contributed by atoms with E-state index in [0.717, 1.165) is 18.6 Å². The lowest BCUT2D eigenvalue weighted by Crippen LogP contribution is -2.33. The third-order valence-corrected chi connectivity index (χ3v) is 2.98. The molecule has 0 bridgehead atoms. The first kappa shape index (κ1) is 12.0. The fraction of sp³-hybridized carbons (Fsp3) is 0.417. The van der Waals surface area contributed by atoms with E-state index >= 15 is 0 Å². The first-order valence-corrected chi connectivity index (χ1v) is 5.38. The predicted octanol–water partition coefficient (Wildman–Crippen LogP) is 2.00. The van der Waals surface area contributed by atoms with Gasteiger partial charge in [-0.05, 0) is 18.6 Å². The number of nitrogens with zero attached hydrogens (tertiary/aromatic N) is 1. The summed E-state index contributed by atoms with van der Waals surface area (Å²) in [5.74, 6) is -1.44. The second-order valence-electron chi connectivity index (χ2n) is 4.08. The molecule has 1 aromatic rings. The van der Waals surface area contributed by atoms with E-state index in [1.807, 2.05) is 0 Å². The number of hydrogen-bond acceptors (Lipinski definition) is 3. The minimum Gasteiger partial charge on any atom is -0.379 e. The van der Waals surface area contributed by atoms with E-state index in [2.05, 4.69) is 0 Å². The van der Waals surface area contributed by atoms with Gasteiger partial charge in [-0.1, -0.05) is 0 Å². The molecule has 0 spiro atoms. The molecule has 1 aliphatic rings. The number of ether oxygens (including phenoxy) is 1. The number of anilines is 1. The van der Waals surface area contributed by atoms with Crippen LogP contribution in [0.1, 0.15) is 16.8 Å². The molecule has 92 valence electrons. The smallest absolute Gasteiger partial charge is 0.150 e. The van der Waals surface area contributed by atoms with Gasteiger partial charge >= 0.3 is 0 Å². The Morgan fingerprint density at radius 2 is 2.06 bits per heavy atom. The van der Waals surface area contributed by atoms with Gasteiger partial charge in [0.1, 0.15) is 23.6 Å². The second-order valence-corrected chi connectivity index (χ2v) is 4.08. The number of likely N-dealkylation sites (N-methyl/N-ethyl adjacent to an activating group) is 1. The van der Waals surface area contributed by atoms with Crippen molar-refractivity contribution in [2.24, 2.45) is 0 Å². The SMILES string of the molecule is CN(c1c(F)cc(C=O)cc1F)C1CCOC1. The standard InChI is InChI=1S/C12H13F2NO2/c1-15(9-2-3-17-7-9)12-10(13)4-8(6-16)5-11(12)14/h4-6,9H,2-3,7H2,1H3. The maximum atomic E-state index is 13.7. The molecule has 1 atom stereocenters. The highest BCUT2D eigenvalue weighted by Crippen LogP contribution is 2.27. The van der Waals surface area contributed by atoms with Crippen molar-refractivity contribution < 1.29 is 18.3 Å². The maximum Gasteiger partial charge on any atom is 0.150 e.